The number of anilines is 1. The molecule has 74 valence electrons. The number of hydrogen-bond acceptors (Lipinski definition) is 4. The molecule has 4 nitrogen and oxygen atoms in total. The molecule has 4 heteroatoms. The lowest BCUT2D eigenvalue weighted by Crippen LogP contribution is -2.19. The molecule has 0 radical (unpaired) electrons. The number of fused-ring (bicyclic) bond motifs is 1. The van der Waals surface area contributed by atoms with Crippen LogP contribution in [0, 0.1) is 0 Å². The average Bonchev–Trinajstić information content (AvgIpc) is 2.64. The van der Waals surface area contributed by atoms with Gasteiger partial charge in [-0.2, -0.15) is 0 Å². The minimum atomic E-state index is 0.555. The highest BCUT2D eigenvalue weighted by Gasteiger charge is 2.03. The highest BCUT2D eigenvalue weighted by molar-refractivity contribution is 5.76. The van der Waals surface area contributed by atoms with Crippen molar-refractivity contribution in [1.82, 2.24) is 4.98 Å². The minimum Gasteiger partial charge on any atom is -0.443 e. The summed E-state index contributed by atoms with van der Waals surface area (Å²) in [5.41, 5.74) is 2.72. The maximum atomic E-state index is 5.21. The summed E-state index contributed by atoms with van der Waals surface area (Å²) in [5.74, 6) is 0. The van der Waals surface area contributed by atoms with Crippen molar-refractivity contribution in [2.45, 2.75) is 0 Å². The second-order valence-electron chi connectivity index (χ2n) is 3.12. The van der Waals surface area contributed by atoms with Crippen LogP contribution in [0.15, 0.2) is 29.0 Å². The van der Waals surface area contributed by atoms with E-state index in [9.17, 15) is 0 Å². The molecule has 0 spiro atoms. The Hall–Kier alpha value is -1.55. The first kappa shape index (κ1) is 9.02. The lowest BCUT2D eigenvalue weighted by atomic mass is 10.3. The van der Waals surface area contributed by atoms with Gasteiger partial charge in [0, 0.05) is 25.9 Å². The molecule has 1 aromatic heterocycles. The Bertz CT molecular complexity index is 425. The van der Waals surface area contributed by atoms with Gasteiger partial charge in [-0.1, -0.05) is 0 Å². The largest absolute Gasteiger partial charge is 0.443 e. The van der Waals surface area contributed by atoms with Crippen molar-refractivity contribution in [3.8, 4) is 0 Å². The fourth-order valence-electron chi connectivity index (χ4n) is 1.35. The lowest BCUT2D eigenvalue weighted by Gasteiger charge is -2.17. The molecule has 0 saturated heterocycles. The molecule has 0 atom stereocenters. The molecule has 0 bridgehead atoms. The number of aromatic nitrogens is 1. The fourth-order valence-corrected chi connectivity index (χ4v) is 1.35. The number of benzene rings is 1. The average molecular weight is 192 g/mol. The van der Waals surface area contributed by atoms with Gasteiger partial charge in [0.2, 0.25) is 0 Å². The summed E-state index contributed by atoms with van der Waals surface area (Å²) >= 11 is 0. The van der Waals surface area contributed by atoms with Crippen LogP contribution in [0.4, 0.5) is 5.69 Å². The SMILES string of the molecule is COCN(C)c1ccc2ncoc2c1. The zero-order valence-corrected chi connectivity index (χ0v) is 8.23. The van der Waals surface area contributed by atoms with E-state index in [1.807, 2.05) is 30.1 Å². The van der Waals surface area contributed by atoms with Crippen LogP contribution in [0.25, 0.3) is 11.1 Å². The molecule has 2 rings (SSSR count). The molecule has 0 amide bonds. The quantitative estimate of drug-likeness (QED) is 0.696. The van der Waals surface area contributed by atoms with Crippen molar-refractivity contribution in [2.75, 3.05) is 25.8 Å². The van der Waals surface area contributed by atoms with Gasteiger partial charge in [-0.05, 0) is 12.1 Å². The highest BCUT2D eigenvalue weighted by atomic mass is 16.5. The van der Waals surface area contributed by atoms with Crippen molar-refractivity contribution in [2.24, 2.45) is 0 Å². The standard InChI is InChI=1S/C10H12N2O2/c1-12(7-13-2)8-3-4-9-10(5-8)14-6-11-9/h3-6H,7H2,1-2H3. The molecule has 0 saturated carbocycles. The van der Waals surface area contributed by atoms with Gasteiger partial charge in [-0.3, -0.25) is 0 Å². The Morgan fingerprint density at radius 2 is 2.36 bits per heavy atom. The van der Waals surface area contributed by atoms with Gasteiger partial charge in [-0.15, -0.1) is 0 Å². The van der Waals surface area contributed by atoms with E-state index in [0.29, 0.717) is 6.73 Å². The Labute approximate surface area is 82.1 Å². The van der Waals surface area contributed by atoms with Crippen LogP contribution in [0.3, 0.4) is 0 Å². The number of rotatable bonds is 3. The third-order valence-electron chi connectivity index (χ3n) is 2.08. The summed E-state index contributed by atoms with van der Waals surface area (Å²) in [6.07, 6.45) is 1.45. The van der Waals surface area contributed by atoms with E-state index in [2.05, 4.69) is 4.98 Å². The smallest absolute Gasteiger partial charge is 0.181 e. The monoisotopic (exact) mass is 192 g/mol. The minimum absolute atomic E-state index is 0.555. The highest BCUT2D eigenvalue weighted by Crippen LogP contribution is 2.20. The van der Waals surface area contributed by atoms with Crippen LogP contribution in [-0.2, 0) is 4.74 Å². The summed E-state index contributed by atoms with van der Waals surface area (Å²) in [7, 11) is 3.63. The molecule has 1 heterocycles. The van der Waals surface area contributed by atoms with E-state index in [0.717, 1.165) is 16.8 Å². The fraction of sp³-hybridized carbons (Fsp3) is 0.300. The Kier molecular flexibility index (Phi) is 2.37. The maximum Gasteiger partial charge on any atom is 0.181 e. The first-order chi connectivity index (χ1) is 6.81. The first-order valence-electron chi connectivity index (χ1n) is 4.34. The van der Waals surface area contributed by atoms with E-state index in [1.165, 1.54) is 6.39 Å². The van der Waals surface area contributed by atoms with Gasteiger partial charge in [0.05, 0.1) is 0 Å². The van der Waals surface area contributed by atoms with E-state index in [1.54, 1.807) is 7.11 Å². The molecule has 0 aliphatic rings. The van der Waals surface area contributed by atoms with Crippen LogP contribution < -0.4 is 4.90 Å². The molecule has 0 aliphatic heterocycles. The van der Waals surface area contributed by atoms with Gasteiger partial charge < -0.3 is 14.1 Å². The number of hydrogen-bond donors (Lipinski definition) is 0. The van der Waals surface area contributed by atoms with Crippen LogP contribution in [0.2, 0.25) is 0 Å². The van der Waals surface area contributed by atoms with Crippen LogP contribution >= 0.6 is 0 Å². The molecule has 0 N–H and O–H groups in total. The molecular weight excluding hydrogens is 180 g/mol. The van der Waals surface area contributed by atoms with E-state index < -0.39 is 0 Å². The van der Waals surface area contributed by atoms with Crippen LogP contribution in [0.5, 0.6) is 0 Å². The number of ether oxygens (including phenoxy) is 1. The molecule has 1 aromatic carbocycles. The Morgan fingerprint density at radius 3 is 3.14 bits per heavy atom. The third kappa shape index (κ3) is 1.56. The van der Waals surface area contributed by atoms with E-state index >= 15 is 0 Å². The van der Waals surface area contributed by atoms with Gasteiger partial charge in [0.15, 0.2) is 12.0 Å². The molecule has 14 heavy (non-hydrogen) atoms. The lowest BCUT2D eigenvalue weighted by molar-refractivity contribution is 0.202. The number of oxazole rings is 1. The van der Waals surface area contributed by atoms with E-state index in [4.69, 9.17) is 9.15 Å². The van der Waals surface area contributed by atoms with Crippen molar-refractivity contribution in [3.05, 3.63) is 24.6 Å². The second-order valence-corrected chi connectivity index (χ2v) is 3.12. The van der Waals surface area contributed by atoms with Gasteiger partial charge >= 0.3 is 0 Å². The van der Waals surface area contributed by atoms with Gasteiger partial charge in [0.25, 0.3) is 0 Å². The summed E-state index contributed by atoms with van der Waals surface area (Å²) < 4.78 is 10.2. The topological polar surface area (TPSA) is 38.5 Å². The molecule has 0 unspecified atom stereocenters. The first-order valence-corrected chi connectivity index (χ1v) is 4.34. The summed E-state index contributed by atoms with van der Waals surface area (Å²) in [5, 5.41) is 0. The van der Waals surface area contributed by atoms with Gasteiger partial charge in [0.1, 0.15) is 12.2 Å². The second kappa shape index (κ2) is 3.67. The maximum absolute atomic E-state index is 5.21. The Morgan fingerprint density at radius 1 is 1.50 bits per heavy atom. The summed E-state index contributed by atoms with van der Waals surface area (Å²) in [4.78, 5) is 6.04. The van der Waals surface area contributed by atoms with Crippen LogP contribution in [0.1, 0.15) is 0 Å². The van der Waals surface area contributed by atoms with Crippen LogP contribution in [-0.4, -0.2) is 25.9 Å². The summed E-state index contributed by atoms with van der Waals surface area (Å²) in [6.45, 7) is 0.555. The normalized spacial score (nSPS) is 10.7. The molecule has 0 aliphatic carbocycles. The van der Waals surface area contributed by atoms with Gasteiger partial charge in [-0.25, -0.2) is 4.98 Å². The zero-order valence-electron chi connectivity index (χ0n) is 8.23. The van der Waals surface area contributed by atoms with Crippen molar-refractivity contribution < 1.29 is 9.15 Å². The predicted octanol–water partition coefficient (Wildman–Crippen LogP) is 1.87. The number of methoxy groups -OCH3 is 1. The Balaban J connectivity index is 2.33. The predicted molar refractivity (Wildman–Crippen MR) is 54.3 cm³/mol. The molecular formula is C10H12N2O2. The summed E-state index contributed by atoms with van der Waals surface area (Å²) in [6, 6.07) is 5.87. The molecule has 0 fully saturated rings. The molecule has 2 aromatic rings. The number of nitrogens with zero attached hydrogens (tertiary/aromatic N) is 2. The van der Waals surface area contributed by atoms with Crippen molar-refractivity contribution in [1.29, 1.82) is 0 Å². The van der Waals surface area contributed by atoms with Crippen molar-refractivity contribution in [3.63, 3.8) is 0 Å². The third-order valence-corrected chi connectivity index (χ3v) is 2.08. The zero-order chi connectivity index (χ0) is 9.97. The van der Waals surface area contributed by atoms with E-state index in [-0.39, 0.29) is 0 Å². The van der Waals surface area contributed by atoms with Crippen molar-refractivity contribution >= 4 is 16.8 Å².